The molecule has 1 aromatic carbocycles. The molecule has 1 aliphatic heterocycles. The Balaban J connectivity index is 1.42. The number of rotatable bonds is 7. The summed E-state index contributed by atoms with van der Waals surface area (Å²) < 4.78 is 1.62. The van der Waals surface area contributed by atoms with Gasteiger partial charge in [0.15, 0.2) is 0 Å². The van der Waals surface area contributed by atoms with E-state index in [-0.39, 0.29) is 18.4 Å². The molecule has 4 rings (SSSR count). The molecule has 0 saturated carbocycles. The highest BCUT2D eigenvalue weighted by atomic mass is 35.5. The smallest absolute Gasteiger partial charge is 0.253 e. The fourth-order valence-corrected chi connectivity index (χ4v) is 4.02. The van der Waals surface area contributed by atoms with Crippen LogP contribution in [0.4, 0.5) is 22.9 Å². The van der Waals surface area contributed by atoms with Crippen LogP contribution in [0.5, 0.6) is 0 Å². The van der Waals surface area contributed by atoms with E-state index >= 15 is 0 Å². The molecule has 184 valence electrons. The lowest BCUT2D eigenvalue weighted by Gasteiger charge is -2.20. The van der Waals surface area contributed by atoms with Gasteiger partial charge in [0.2, 0.25) is 5.91 Å². The number of nitrogens with zero attached hydrogens (tertiary/aromatic N) is 5. The third-order valence-electron chi connectivity index (χ3n) is 5.80. The SMILES string of the molecule is CNC(=O)c1ccccc1Nc1cc(Nc2cnn(CC(=O)N3CCCN(C)CC3)c2)ncc1Cl. The van der Waals surface area contributed by atoms with E-state index in [4.69, 9.17) is 11.6 Å². The highest BCUT2D eigenvalue weighted by Crippen LogP contribution is 2.29. The summed E-state index contributed by atoms with van der Waals surface area (Å²) in [6, 6.07) is 8.92. The number of halogens is 1. The number of hydrogen-bond donors (Lipinski definition) is 3. The van der Waals surface area contributed by atoms with Gasteiger partial charge < -0.3 is 25.8 Å². The molecule has 0 bridgehead atoms. The molecular formula is C24H29ClN8O2. The number of hydrogen-bond acceptors (Lipinski definition) is 7. The Labute approximate surface area is 209 Å². The van der Waals surface area contributed by atoms with Crippen molar-refractivity contribution >= 4 is 46.3 Å². The molecule has 3 heterocycles. The van der Waals surface area contributed by atoms with Crippen LogP contribution >= 0.6 is 11.6 Å². The van der Waals surface area contributed by atoms with Gasteiger partial charge in [0.05, 0.1) is 40.0 Å². The molecule has 2 amide bonds. The zero-order valence-corrected chi connectivity index (χ0v) is 20.5. The van der Waals surface area contributed by atoms with Gasteiger partial charge >= 0.3 is 0 Å². The first kappa shape index (κ1) is 24.5. The number of anilines is 4. The summed E-state index contributed by atoms with van der Waals surface area (Å²) in [4.78, 5) is 33.4. The Kier molecular flexibility index (Phi) is 7.84. The first-order valence-corrected chi connectivity index (χ1v) is 11.8. The number of amides is 2. The molecule has 11 heteroatoms. The third-order valence-corrected chi connectivity index (χ3v) is 6.10. The van der Waals surface area contributed by atoms with Crippen molar-refractivity contribution in [3.63, 3.8) is 0 Å². The van der Waals surface area contributed by atoms with E-state index in [1.165, 1.54) is 6.20 Å². The highest BCUT2D eigenvalue weighted by Gasteiger charge is 2.18. The largest absolute Gasteiger partial charge is 0.355 e. The molecule has 3 aromatic rings. The van der Waals surface area contributed by atoms with Crippen molar-refractivity contribution in [3.8, 4) is 0 Å². The van der Waals surface area contributed by atoms with Crippen molar-refractivity contribution in [3.05, 3.63) is 59.5 Å². The Morgan fingerprint density at radius 2 is 1.89 bits per heavy atom. The molecular weight excluding hydrogens is 468 g/mol. The Morgan fingerprint density at radius 3 is 2.71 bits per heavy atom. The first-order valence-electron chi connectivity index (χ1n) is 11.4. The summed E-state index contributed by atoms with van der Waals surface area (Å²) >= 11 is 6.36. The number of benzene rings is 1. The minimum absolute atomic E-state index is 0.0563. The number of aromatic nitrogens is 3. The molecule has 1 fully saturated rings. The second-order valence-electron chi connectivity index (χ2n) is 8.39. The van der Waals surface area contributed by atoms with Gasteiger partial charge in [-0.3, -0.25) is 14.3 Å². The van der Waals surface area contributed by atoms with Crippen LogP contribution in [0.3, 0.4) is 0 Å². The zero-order chi connectivity index (χ0) is 24.8. The number of pyridine rings is 1. The molecule has 0 spiro atoms. The van der Waals surface area contributed by atoms with Gasteiger partial charge in [-0.2, -0.15) is 5.10 Å². The van der Waals surface area contributed by atoms with Gasteiger partial charge in [-0.05, 0) is 32.1 Å². The van der Waals surface area contributed by atoms with Crippen molar-refractivity contribution in [1.82, 2.24) is 29.9 Å². The second-order valence-corrected chi connectivity index (χ2v) is 8.80. The molecule has 3 N–H and O–H groups in total. The summed E-state index contributed by atoms with van der Waals surface area (Å²) in [6.45, 7) is 3.56. The van der Waals surface area contributed by atoms with Crippen LogP contribution in [-0.2, 0) is 11.3 Å². The van der Waals surface area contributed by atoms with Crippen molar-refractivity contribution in [2.45, 2.75) is 13.0 Å². The lowest BCUT2D eigenvalue weighted by atomic mass is 10.1. The van der Waals surface area contributed by atoms with Gasteiger partial charge in [0, 0.05) is 38.9 Å². The fourth-order valence-electron chi connectivity index (χ4n) is 3.87. The topological polar surface area (TPSA) is 107 Å². The highest BCUT2D eigenvalue weighted by molar-refractivity contribution is 6.33. The minimum atomic E-state index is -0.203. The molecule has 2 aromatic heterocycles. The van der Waals surface area contributed by atoms with Crippen LogP contribution in [0.2, 0.25) is 5.02 Å². The van der Waals surface area contributed by atoms with Crippen molar-refractivity contribution in [2.24, 2.45) is 0 Å². The molecule has 0 aliphatic carbocycles. The second kappa shape index (κ2) is 11.2. The average molecular weight is 497 g/mol. The summed E-state index contributed by atoms with van der Waals surface area (Å²) in [7, 11) is 3.66. The first-order chi connectivity index (χ1) is 16.9. The molecule has 0 unspecified atom stereocenters. The maximum absolute atomic E-state index is 12.7. The summed E-state index contributed by atoms with van der Waals surface area (Å²) in [6.07, 6.45) is 5.92. The van der Waals surface area contributed by atoms with Crippen LogP contribution in [0.25, 0.3) is 0 Å². The van der Waals surface area contributed by atoms with E-state index in [1.807, 2.05) is 11.0 Å². The summed E-state index contributed by atoms with van der Waals surface area (Å²) in [5.74, 6) is 0.391. The van der Waals surface area contributed by atoms with Gasteiger partial charge in [-0.25, -0.2) is 4.98 Å². The predicted molar refractivity (Wildman–Crippen MR) is 137 cm³/mol. The molecule has 10 nitrogen and oxygen atoms in total. The predicted octanol–water partition coefficient (Wildman–Crippen LogP) is 2.94. The lowest BCUT2D eigenvalue weighted by Crippen LogP contribution is -2.36. The van der Waals surface area contributed by atoms with Crippen LogP contribution in [0.15, 0.2) is 48.9 Å². The minimum Gasteiger partial charge on any atom is -0.355 e. The Bertz CT molecular complexity index is 1200. The average Bonchev–Trinajstić information content (AvgIpc) is 3.17. The number of likely N-dealkylation sites (N-methyl/N-ethyl adjacent to an activating group) is 1. The van der Waals surface area contributed by atoms with Crippen LogP contribution in [0.1, 0.15) is 16.8 Å². The monoisotopic (exact) mass is 496 g/mol. The Morgan fingerprint density at radius 1 is 1.06 bits per heavy atom. The molecule has 35 heavy (non-hydrogen) atoms. The Hall–Kier alpha value is -3.63. The van der Waals surface area contributed by atoms with Crippen LogP contribution in [-0.4, -0.2) is 76.7 Å². The van der Waals surface area contributed by atoms with E-state index in [9.17, 15) is 9.59 Å². The summed E-state index contributed by atoms with van der Waals surface area (Å²) in [5, 5.41) is 13.8. The third kappa shape index (κ3) is 6.28. The molecule has 0 atom stereocenters. The number of nitrogens with one attached hydrogen (secondary N) is 3. The maximum atomic E-state index is 12.7. The maximum Gasteiger partial charge on any atom is 0.253 e. The van der Waals surface area contributed by atoms with E-state index in [2.05, 4.69) is 38.0 Å². The van der Waals surface area contributed by atoms with Gasteiger partial charge in [0.25, 0.3) is 5.91 Å². The molecule has 0 radical (unpaired) electrons. The number of para-hydroxylation sites is 1. The van der Waals surface area contributed by atoms with E-state index < -0.39 is 0 Å². The fraction of sp³-hybridized carbons (Fsp3) is 0.333. The van der Waals surface area contributed by atoms with Crippen molar-refractivity contribution in [2.75, 3.05) is 50.9 Å². The molecule has 1 aliphatic rings. The van der Waals surface area contributed by atoms with E-state index in [0.29, 0.717) is 33.5 Å². The van der Waals surface area contributed by atoms with Crippen LogP contribution in [0, 0.1) is 0 Å². The van der Waals surface area contributed by atoms with Gasteiger partial charge in [-0.1, -0.05) is 23.7 Å². The van der Waals surface area contributed by atoms with Crippen molar-refractivity contribution in [1.29, 1.82) is 0 Å². The van der Waals surface area contributed by atoms with Crippen molar-refractivity contribution < 1.29 is 9.59 Å². The zero-order valence-electron chi connectivity index (χ0n) is 19.8. The van der Waals surface area contributed by atoms with E-state index in [0.717, 1.165) is 32.6 Å². The normalized spacial score (nSPS) is 14.3. The van der Waals surface area contributed by atoms with E-state index in [1.54, 1.807) is 48.4 Å². The van der Waals surface area contributed by atoms with Crippen LogP contribution < -0.4 is 16.0 Å². The number of carbonyl (C=O) groups excluding carboxylic acids is 2. The van der Waals surface area contributed by atoms with Gasteiger partial charge in [0.1, 0.15) is 12.4 Å². The quantitative estimate of drug-likeness (QED) is 0.461. The standard InChI is InChI=1S/C24H29ClN8O2/c1-26-24(35)18-6-3-4-7-20(18)30-21-12-22(27-14-19(21)25)29-17-13-28-33(15-17)16-23(34)32-9-5-8-31(2)10-11-32/h3-4,6-7,12-15H,5,8-11,16H2,1-2H3,(H,26,35)(H2,27,29,30). The lowest BCUT2D eigenvalue weighted by molar-refractivity contribution is -0.131. The molecule has 1 saturated heterocycles. The van der Waals surface area contributed by atoms with Gasteiger partial charge in [-0.15, -0.1) is 0 Å². The summed E-state index contributed by atoms with van der Waals surface area (Å²) in [5.41, 5.74) is 2.41. The number of carbonyl (C=O) groups is 2.